The molecule has 0 saturated heterocycles. The molecule has 0 fully saturated rings. The van der Waals surface area contributed by atoms with Crippen LogP contribution in [0.1, 0.15) is 65.5 Å². The van der Waals surface area contributed by atoms with E-state index in [0.717, 1.165) is 21.7 Å². The Hall–Kier alpha value is -3.77. The molecule has 1 aromatic heterocycles. The molecule has 6 heteroatoms. The summed E-state index contributed by atoms with van der Waals surface area (Å²) >= 11 is 1.65. The summed E-state index contributed by atoms with van der Waals surface area (Å²) in [6.45, 7) is 7.47. The van der Waals surface area contributed by atoms with Crippen molar-refractivity contribution in [3.05, 3.63) is 113 Å². The number of furan rings is 1. The third-order valence-corrected chi connectivity index (χ3v) is 8.29. The fourth-order valence-corrected chi connectivity index (χ4v) is 6.48. The minimum Gasteiger partial charge on any atom is -0.460 e. The van der Waals surface area contributed by atoms with Gasteiger partial charge in [0.25, 0.3) is 0 Å². The molecular formula is C32H31NO4S. The third-order valence-electron chi connectivity index (χ3n) is 6.76. The molecular weight excluding hydrogens is 494 g/mol. The third kappa shape index (κ3) is 4.13. The first-order valence-corrected chi connectivity index (χ1v) is 13.5. The lowest BCUT2D eigenvalue weighted by Gasteiger charge is -2.32. The topological polar surface area (TPSA) is 59.8 Å². The zero-order valence-corrected chi connectivity index (χ0v) is 23.1. The highest BCUT2D eigenvalue weighted by Gasteiger charge is 2.50. The van der Waals surface area contributed by atoms with Gasteiger partial charge in [-0.05, 0) is 30.2 Å². The van der Waals surface area contributed by atoms with Crippen LogP contribution < -0.4 is 4.90 Å². The van der Waals surface area contributed by atoms with Crippen molar-refractivity contribution in [2.45, 2.75) is 37.3 Å². The van der Waals surface area contributed by atoms with Gasteiger partial charge in [-0.1, -0.05) is 105 Å². The van der Waals surface area contributed by atoms with E-state index in [1.54, 1.807) is 18.7 Å². The second-order valence-corrected chi connectivity index (χ2v) is 11.6. The number of carbonyl (C=O) groups is 2. The zero-order chi connectivity index (χ0) is 27.1. The van der Waals surface area contributed by atoms with Gasteiger partial charge in [-0.2, -0.15) is 0 Å². The van der Waals surface area contributed by atoms with Gasteiger partial charge >= 0.3 is 5.97 Å². The maximum atomic E-state index is 14.1. The number of thioether (sulfide) groups is 1. The van der Waals surface area contributed by atoms with Gasteiger partial charge in [-0.15, -0.1) is 0 Å². The molecule has 0 saturated carbocycles. The molecule has 2 heterocycles. The molecule has 0 atom stereocenters. The maximum absolute atomic E-state index is 14.1. The number of Topliss-reactive ketones (excluding diaryl/α,β-unsaturated/α-hetero) is 1. The van der Waals surface area contributed by atoms with Crippen molar-refractivity contribution in [2.75, 3.05) is 18.6 Å². The molecule has 0 bridgehead atoms. The van der Waals surface area contributed by atoms with Gasteiger partial charge in [-0.25, -0.2) is 4.79 Å². The van der Waals surface area contributed by atoms with Crippen molar-refractivity contribution in [3.8, 4) is 0 Å². The summed E-state index contributed by atoms with van der Waals surface area (Å²) in [4.78, 5) is 30.4. The Bertz CT molecular complexity index is 1450. The average molecular weight is 526 g/mol. The fourth-order valence-electron chi connectivity index (χ4n) is 4.95. The van der Waals surface area contributed by atoms with Crippen molar-refractivity contribution in [1.29, 1.82) is 0 Å². The number of hydrogen-bond acceptors (Lipinski definition) is 6. The van der Waals surface area contributed by atoms with Crippen molar-refractivity contribution in [1.82, 2.24) is 0 Å². The molecule has 194 valence electrons. The average Bonchev–Trinajstić information content (AvgIpc) is 3.28. The van der Waals surface area contributed by atoms with E-state index in [0.29, 0.717) is 11.4 Å². The maximum Gasteiger partial charge on any atom is 0.375 e. The number of anilines is 2. The standard InChI is InChI=1S/C32H31NO4S/c1-6-36-30(35)27-25(28(34)31(2,3)4)26-29(37-27)32(21-15-9-7-10-16-21,22-17-11-8-12-18-22)38-24-20-14-13-19-23(24)33(26)5/h7-20H,6H2,1-5H3. The van der Waals surface area contributed by atoms with Crippen LogP contribution in [0, 0.1) is 5.41 Å². The monoisotopic (exact) mass is 525 g/mol. The summed E-state index contributed by atoms with van der Waals surface area (Å²) < 4.78 is 11.1. The van der Waals surface area contributed by atoms with E-state index in [1.165, 1.54) is 0 Å². The first-order chi connectivity index (χ1) is 18.2. The molecule has 0 aliphatic carbocycles. The Morgan fingerprint density at radius 3 is 2.00 bits per heavy atom. The summed E-state index contributed by atoms with van der Waals surface area (Å²) in [5.74, 6) is -0.360. The van der Waals surface area contributed by atoms with Gasteiger partial charge in [0.1, 0.15) is 4.75 Å². The van der Waals surface area contributed by atoms with Crippen LogP contribution in [0.15, 0.2) is 94.2 Å². The molecule has 4 aromatic rings. The van der Waals surface area contributed by atoms with Gasteiger partial charge in [0, 0.05) is 17.4 Å². The Labute approximate surface area is 227 Å². The number of nitrogens with zero attached hydrogens (tertiary/aromatic N) is 1. The number of carbonyl (C=O) groups excluding carboxylic acids is 2. The molecule has 0 unspecified atom stereocenters. The van der Waals surface area contributed by atoms with Crippen molar-refractivity contribution < 1.29 is 18.7 Å². The second kappa shape index (κ2) is 9.84. The van der Waals surface area contributed by atoms with Gasteiger partial charge < -0.3 is 14.1 Å². The zero-order valence-electron chi connectivity index (χ0n) is 22.3. The molecule has 1 aliphatic rings. The number of fused-ring (bicyclic) bond motifs is 2. The molecule has 5 nitrogen and oxygen atoms in total. The fraction of sp³-hybridized carbons (Fsp3) is 0.250. The van der Waals surface area contributed by atoms with E-state index in [9.17, 15) is 9.59 Å². The van der Waals surface area contributed by atoms with Gasteiger partial charge in [0.2, 0.25) is 5.76 Å². The summed E-state index contributed by atoms with van der Waals surface area (Å²) in [6.07, 6.45) is 0. The van der Waals surface area contributed by atoms with Crippen LogP contribution in [0.5, 0.6) is 0 Å². The summed E-state index contributed by atoms with van der Waals surface area (Å²) in [7, 11) is 1.92. The summed E-state index contributed by atoms with van der Waals surface area (Å²) in [5.41, 5.74) is 2.94. The van der Waals surface area contributed by atoms with Gasteiger partial charge in [0.15, 0.2) is 11.5 Å². The van der Waals surface area contributed by atoms with Crippen molar-refractivity contribution in [2.24, 2.45) is 5.41 Å². The van der Waals surface area contributed by atoms with E-state index in [1.807, 2.05) is 87.3 Å². The first-order valence-electron chi connectivity index (χ1n) is 12.7. The lowest BCUT2D eigenvalue weighted by atomic mass is 9.83. The van der Waals surface area contributed by atoms with Crippen LogP contribution in [0.3, 0.4) is 0 Å². The van der Waals surface area contributed by atoms with Crippen LogP contribution >= 0.6 is 11.8 Å². The van der Waals surface area contributed by atoms with Crippen LogP contribution in [-0.4, -0.2) is 25.4 Å². The number of rotatable bonds is 5. The SMILES string of the molecule is CCOC(=O)c1oc2c(c1C(=O)C(C)(C)C)N(C)c1ccccc1SC2(c1ccccc1)c1ccccc1. The highest BCUT2D eigenvalue weighted by atomic mass is 32.2. The molecule has 38 heavy (non-hydrogen) atoms. The number of ether oxygens (including phenoxy) is 1. The largest absolute Gasteiger partial charge is 0.460 e. The van der Waals surface area contributed by atoms with Crippen LogP contribution in [0.25, 0.3) is 0 Å². The smallest absolute Gasteiger partial charge is 0.375 e. The van der Waals surface area contributed by atoms with E-state index < -0.39 is 16.1 Å². The Balaban J connectivity index is 1.98. The van der Waals surface area contributed by atoms with Gasteiger partial charge in [-0.3, -0.25) is 4.79 Å². The normalized spacial score (nSPS) is 14.3. The highest BCUT2D eigenvalue weighted by Crippen LogP contribution is 2.60. The van der Waals surface area contributed by atoms with E-state index in [2.05, 4.69) is 30.3 Å². The minimum absolute atomic E-state index is 0.0557. The number of para-hydroxylation sites is 1. The molecule has 3 aromatic carbocycles. The Morgan fingerprint density at radius 2 is 1.45 bits per heavy atom. The van der Waals surface area contributed by atoms with E-state index in [-0.39, 0.29) is 23.7 Å². The lowest BCUT2D eigenvalue weighted by Crippen LogP contribution is -2.27. The van der Waals surface area contributed by atoms with Crippen molar-refractivity contribution in [3.63, 3.8) is 0 Å². The quantitative estimate of drug-likeness (QED) is 0.195. The molecule has 0 spiro atoms. The van der Waals surface area contributed by atoms with E-state index in [4.69, 9.17) is 9.15 Å². The van der Waals surface area contributed by atoms with Crippen LogP contribution in [0.4, 0.5) is 11.4 Å². The summed E-state index contributed by atoms with van der Waals surface area (Å²) in [6, 6.07) is 28.3. The van der Waals surface area contributed by atoms with Crippen LogP contribution in [-0.2, 0) is 9.48 Å². The highest BCUT2D eigenvalue weighted by molar-refractivity contribution is 8.00. The molecule has 0 amide bonds. The number of ketones is 1. The first kappa shape index (κ1) is 25.9. The number of hydrogen-bond donors (Lipinski definition) is 0. The summed E-state index contributed by atoms with van der Waals surface area (Å²) in [5, 5.41) is 0. The predicted octanol–water partition coefficient (Wildman–Crippen LogP) is 7.85. The lowest BCUT2D eigenvalue weighted by molar-refractivity contribution is 0.0482. The van der Waals surface area contributed by atoms with E-state index >= 15 is 0 Å². The Kier molecular flexibility index (Phi) is 6.70. The molecule has 0 radical (unpaired) electrons. The second-order valence-electron chi connectivity index (χ2n) is 10.3. The molecule has 1 aliphatic heterocycles. The van der Waals surface area contributed by atoms with Gasteiger partial charge in [0.05, 0.1) is 23.5 Å². The van der Waals surface area contributed by atoms with Crippen LogP contribution in [0.2, 0.25) is 0 Å². The Morgan fingerprint density at radius 1 is 0.895 bits per heavy atom. The predicted molar refractivity (Wildman–Crippen MR) is 152 cm³/mol. The molecule has 5 rings (SSSR count). The number of esters is 1. The minimum atomic E-state index is -0.892. The molecule has 0 N–H and O–H groups in total. The number of benzene rings is 3. The van der Waals surface area contributed by atoms with Crippen molar-refractivity contribution >= 4 is 34.9 Å².